The minimum atomic E-state index is -0.242. The first kappa shape index (κ1) is 12.8. The van der Waals surface area contributed by atoms with Gasteiger partial charge in [-0.2, -0.15) is 5.26 Å². The molecular formula is C10H9BrClN3O. The Balaban J connectivity index is 2.51. The van der Waals surface area contributed by atoms with Crippen molar-refractivity contribution in [3.05, 3.63) is 27.7 Å². The van der Waals surface area contributed by atoms with Gasteiger partial charge in [-0.15, -0.1) is 0 Å². The van der Waals surface area contributed by atoms with Gasteiger partial charge in [-0.05, 0) is 34.1 Å². The number of carbonyl (C=O) groups is 1. The smallest absolute Gasteiger partial charge is 0.240 e. The first-order valence-electron chi connectivity index (χ1n) is 4.46. The Morgan fingerprint density at radius 2 is 2.31 bits per heavy atom. The van der Waals surface area contributed by atoms with E-state index < -0.39 is 0 Å². The Labute approximate surface area is 107 Å². The zero-order valence-electron chi connectivity index (χ0n) is 8.26. The fraction of sp³-hybridized carbons (Fsp3) is 0.200. The summed E-state index contributed by atoms with van der Waals surface area (Å²) in [5.74, 6) is -0.242. The largest absolute Gasteiger partial charge is 0.375 e. The second kappa shape index (κ2) is 6.36. The van der Waals surface area contributed by atoms with Gasteiger partial charge in [0.2, 0.25) is 5.91 Å². The molecule has 0 bridgehead atoms. The SMILES string of the molecule is N#CCNC(=O)CNc1cc(Cl)ccc1Br. The Hall–Kier alpha value is -1.25. The van der Waals surface area contributed by atoms with Crippen molar-refractivity contribution in [2.24, 2.45) is 0 Å². The van der Waals surface area contributed by atoms with Crippen LogP contribution in [0.5, 0.6) is 0 Å². The predicted octanol–water partition coefficient (Wildman–Crippen LogP) is 2.15. The molecule has 0 unspecified atom stereocenters. The van der Waals surface area contributed by atoms with E-state index in [0.717, 1.165) is 10.2 Å². The van der Waals surface area contributed by atoms with Gasteiger partial charge < -0.3 is 10.6 Å². The monoisotopic (exact) mass is 301 g/mol. The normalized spacial score (nSPS) is 9.31. The van der Waals surface area contributed by atoms with Crippen LogP contribution in [0, 0.1) is 11.3 Å². The molecule has 0 aliphatic carbocycles. The molecule has 0 aromatic heterocycles. The molecule has 2 N–H and O–H groups in total. The molecule has 0 heterocycles. The number of benzene rings is 1. The van der Waals surface area contributed by atoms with Crippen LogP contribution in [0.1, 0.15) is 0 Å². The molecule has 84 valence electrons. The molecule has 0 atom stereocenters. The van der Waals surface area contributed by atoms with E-state index >= 15 is 0 Å². The van der Waals surface area contributed by atoms with E-state index in [2.05, 4.69) is 26.6 Å². The molecule has 0 aliphatic heterocycles. The Morgan fingerprint density at radius 3 is 3.00 bits per heavy atom. The second-order valence-corrected chi connectivity index (χ2v) is 4.20. The summed E-state index contributed by atoms with van der Waals surface area (Å²) >= 11 is 9.14. The molecule has 0 fully saturated rings. The molecule has 1 aromatic rings. The van der Waals surface area contributed by atoms with Gasteiger partial charge in [0, 0.05) is 9.50 Å². The molecule has 0 saturated heterocycles. The van der Waals surface area contributed by atoms with Crippen LogP contribution in [0.25, 0.3) is 0 Å². The van der Waals surface area contributed by atoms with Crippen LogP contribution in [0.4, 0.5) is 5.69 Å². The summed E-state index contributed by atoms with van der Waals surface area (Å²) in [5, 5.41) is 14.2. The summed E-state index contributed by atoms with van der Waals surface area (Å²) in [7, 11) is 0. The van der Waals surface area contributed by atoms with Crippen LogP contribution in [-0.2, 0) is 4.79 Å². The highest BCUT2D eigenvalue weighted by atomic mass is 79.9. The van der Waals surface area contributed by atoms with Gasteiger partial charge in [0.25, 0.3) is 0 Å². The molecule has 0 saturated carbocycles. The van der Waals surface area contributed by atoms with Gasteiger partial charge >= 0.3 is 0 Å². The minimum absolute atomic E-state index is 0.0111. The summed E-state index contributed by atoms with van der Waals surface area (Å²) in [6.45, 7) is 0.109. The summed E-state index contributed by atoms with van der Waals surface area (Å²) in [4.78, 5) is 11.2. The lowest BCUT2D eigenvalue weighted by Gasteiger charge is -2.08. The fourth-order valence-electron chi connectivity index (χ4n) is 1.01. The molecule has 6 heteroatoms. The van der Waals surface area contributed by atoms with Gasteiger partial charge in [0.1, 0.15) is 6.54 Å². The topological polar surface area (TPSA) is 64.9 Å². The van der Waals surface area contributed by atoms with Crippen LogP contribution >= 0.6 is 27.5 Å². The van der Waals surface area contributed by atoms with Crippen LogP contribution in [-0.4, -0.2) is 19.0 Å². The number of nitriles is 1. The zero-order chi connectivity index (χ0) is 12.0. The molecule has 4 nitrogen and oxygen atoms in total. The van der Waals surface area contributed by atoms with Crippen LogP contribution in [0.15, 0.2) is 22.7 Å². The highest BCUT2D eigenvalue weighted by Crippen LogP contribution is 2.25. The van der Waals surface area contributed by atoms with Crippen molar-refractivity contribution in [2.45, 2.75) is 0 Å². The van der Waals surface area contributed by atoms with Gasteiger partial charge in [-0.1, -0.05) is 11.6 Å². The lowest BCUT2D eigenvalue weighted by Crippen LogP contribution is -2.30. The molecule has 16 heavy (non-hydrogen) atoms. The number of rotatable bonds is 4. The van der Waals surface area contributed by atoms with E-state index in [1.165, 1.54) is 0 Å². The molecular weight excluding hydrogens is 293 g/mol. The Morgan fingerprint density at radius 1 is 1.56 bits per heavy atom. The van der Waals surface area contributed by atoms with E-state index in [4.69, 9.17) is 16.9 Å². The maximum Gasteiger partial charge on any atom is 0.240 e. The molecule has 1 aromatic carbocycles. The Bertz CT molecular complexity index is 431. The lowest BCUT2D eigenvalue weighted by atomic mass is 10.3. The third-order valence-electron chi connectivity index (χ3n) is 1.73. The molecule has 0 aliphatic rings. The number of nitrogens with zero attached hydrogens (tertiary/aromatic N) is 1. The third kappa shape index (κ3) is 4.09. The number of hydrogen-bond donors (Lipinski definition) is 2. The number of hydrogen-bond acceptors (Lipinski definition) is 3. The van der Waals surface area contributed by atoms with Crippen LogP contribution in [0.3, 0.4) is 0 Å². The number of anilines is 1. The first-order chi connectivity index (χ1) is 7.63. The first-order valence-corrected chi connectivity index (χ1v) is 5.63. The van der Waals surface area contributed by atoms with E-state index in [1.807, 2.05) is 6.07 Å². The quantitative estimate of drug-likeness (QED) is 0.838. The fourth-order valence-corrected chi connectivity index (χ4v) is 1.57. The lowest BCUT2D eigenvalue weighted by molar-refractivity contribution is -0.119. The van der Waals surface area contributed by atoms with Crippen LogP contribution < -0.4 is 10.6 Å². The van der Waals surface area contributed by atoms with Gasteiger partial charge in [0.15, 0.2) is 0 Å². The van der Waals surface area contributed by atoms with E-state index in [9.17, 15) is 4.79 Å². The van der Waals surface area contributed by atoms with Crippen molar-refractivity contribution < 1.29 is 4.79 Å². The summed E-state index contributed by atoms with van der Waals surface area (Å²) < 4.78 is 0.824. The van der Waals surface area contributed by atoms with Crippen molar-refractivity contribution in [3.8, 4) is 6.07 Å². The van der Waals surface area contributed by atoms with Crippen molar-refractivity contribution >= 4 is 39.1 Å². The maximum atomic E-state index is 11.2. The van der Waals surface area contributed by atoms with Gasteiger partial charge in [-0.3, -0.25) is 4.79 Å². The maximum absolute atomic E-state index is 11.2. The number of halogens is 2. The zero-order valence-corrected chi connectivity index (χ0v) is 10.6. The highest BCUT2D eigenvalue weighted by molar-refractivity contribution is 9.10. The van der Waals surface area contributed by atoms with E-state index in [1.54, 1.807) is 18.2 Å². The van der Waals surface area contributed by atoms with E-state index in [-0.39, 0.29) is 19.0 Å². The van der Waals surface area contributed by atoms with Crippen LogP contribution in [0.2, 0.25) is 5.02 Å². The standard InChI is InChI=1S/C10H9BrClN3O/c11-8-2-1-7(12)5-9(8)15-6-10(16)14-4-3-13/h1-2,5,15H,4,6H2,(H,14,16). The highest BCUT2D eigenvalue weighted by Gasteiger charge is 2.03. The summed E-state index contributed by atoms with van der Waals surface area (Å²) in [5.41, 5.74) is 0.736. The molecule has 0 radical (unpaired) electrons. The second-order valence-electron chi connectivity index (χ2n) is 2.91. The van der Waals surface area contributed by atoms with Crippen molar-refractivity contribution in [1.29, 1.82) is 5.26 Å². The Kier molecular flexibility index (Phi) is 5.09. The number of nitrogens with one attached hydrogen (secondary N) is 2. The minimum Gasteiger partial charge on any atom is -0.375 e. The third-order valence-corrected chi connectivity index (χ3v) is 2.66. The average Bonchev–Trinajstić information content (AvgIpc) is 2.27. The van der Waals surface area contributed by atoms with Crippen molar-refractivity contribution in [2.75, 3.05) is 18.4 Å². The van der Waals surface area contributed by atoms with Gasteiger partial charge in [-0.25, -0.2) is 0 Å². The number of amides is 1. The summed E-state index contributed by atoms with van der Waals surface area (Å²) in [6, 6.07) is 7.07. The number of carbonyl (C=O) groups excluding carboxylic acids is 1. The summed E-state index contributed by atoms with van der Waals surface area (Å²) in [6.07, 6.45) is 0. The molecule has 0 spiro atoms. The molecule has 1 amide bonds. The van der Waals surface area contributed by atoms with Gasteiger partial charge in [0.05, 0.1) is 18.3 Å². The van der Waals surface area contributed by atoms with Crippen molar-refractivity contribution in [1.82, 2.24) is 5.32 Å². The van der Waals surface area contributed by atoms with E-state index in [0.29, 0.717) is 5.02 Å². The predicted molar refractivity (Wildman–Crippen MR) is 66.3 cm³/mol. The average molecular weight is 303 g/mol. The molecule has 1 rings (SSSR count). The van der Waals surface area contributed by atoms with Crippen molar-refractivity contribution in [3.63, 3.8) is 0 Å².